The summed E-state index contributed by atoms with van der Waals surface area (Å²) in [5.74, 6) is -0.665. The van der Waals surface area contributed by atoms with Crippen molar-refractivity contribution in [2.24, 2.45) is 10.8 Å². The number of carboxylic acids is 1. The number of aliphatic hydroxyl groups is 2. The summed E-state index contributed by atoms with van der Waals surface area (Å²) in [6.07, 6.45) is 19.7. The Balaban J connectivity index is 1.38. The molecule has 4 nitrogen and oxygen atoms in total. The van der Waals surface area contributed by atoms with Gasteiger partial charge in [0.25, 0.3) is 0 Å². The van der Waals surface area contributed by atoms with Gasteiger partial charge in [-0.25, -0.2) is 0 Å². The van der Waals surface area contributed by atoms with Gasteiger partial charge in [0.15, 0.2) is 0 Å². The fourth-order valence-corrected chi connectivity index (χ4v) is 4.69. The number of aliphatic carboxylic acids is 1. The highest BCUT2D eigenvalue weighted by molar-refractivity contribution is 5.66. The number of hydrogen-bond donors (Lipinski definition) is 3. The summed E-state index contributed by atoms with van der Waals surface area (Å²) in [7, 11) is 0. The van der Waals surface area contributed by atoms with Crippen molar-refractivity contribution in [3.63, 3.8) is 0 Å². The zero-order valence-electron chi connectivity index (χ0n) is 17.3. The van der Waals surface area contributed by atoms with E-state index < -0.39 is 5.97 Å². The third kappa shape index (κ3) is 9.43. The molecular formula is C23H42O4. The van der Waals surface area contributed by atoms with Gasteiger partial charge >= 0.3 is 5.97 Å². The van der Waals surface area contributed by atoms with Gasteiger partial charge < -0.3 is 15.3 Å². The lowest BCUT2D eigenvalue weighted by Gasteiger charge is -2.15. The minimum absolute atomic E-state index is 0.142. The molecule has 0 aromatic heterocycles. The molecule has 27 heavy (non-hydrogen) atoms. The molecular weight excluding hydrogens is 340 g/mol. The average Bonchev–Trinajstić information content (AvgIpc) is 3.55. The Bertz CT molecular complexity index is 426. The lowest BCUT2D eigenvalue weighted by Crippen LogP contribution is -2.07. The third-order valence-corrected chi connectivity index (χ3v) is 7.14. The zero-order chi connectivity index (χ0) is 19.6. The molecule has 4 heteroatoms. The Morgan fingerprint density at radius 3 is 1.67 bits per heavy atom. The smallest absolute Gasteiger partial charge is 0.303 e. The van der Waals surface area contributed by atoms with Gasteiger partial charge in [-0.1, -0.05) is 38.5 Å². The zero-order valence-corrected chi connectivity index (χ0v) is 17.3. The van der Waals surface area contributed by atoms with E-state index in [9.17, 15) is 9.90 Å². The quantitative estimate of drug-likeness (QED) is 0.276. The molecule has 0 saturated heterocycles. The van der Waals surface area contributed by atoms with E-state index in [1.54, 1.807) is 0 Å². The molecule has 2 rings (SSSR count). The van der Waals surface area contributed by atoms with Crippen molar-refractivity contribution < 1.29 is 20.1 Å². The van der Waals surface area contributed by atoms with Crippen molar-refractivity contribution in [3.8, 4) is 0 Å². The van der Waals surface area contributed by atoms with Crippen molar-refractivity contribution in [3.05, 3.63) is 0 Å². The molecule has 0 heterocycles. The van der Waals surface area contributed by atoms with Crippen LogP contribution >= 0.6 is 0 Å². The van der Waals surface area contributed by atoms with Crippen LogP contribution in [-0.2, 0) is 4.79 Å². The third-order valence-electron chi connectivity index (χ3n) is 7.14. The first kappa shape index (κ1) is 22.7. The van der Waals surface area contributed by atoms with Crippen LogP contribution in [0.15, 0.2) is 0 Å². The Morgan fingerprint density at radius 2 is 1.22 bits per heavy atom. The molecule has 0 bridgehead atoms. The summed E-state index contributed by atoms with van der Waals surface area (Å²) in [6, 6.07) is 0. The van der Waals surface area contributed by atoms with Crippen molar-refractivity contribution >= 4 is 5.97 Å². The molecule has 0 radical (unpaired) electrons. The first-order valence-corrected chi connectivity index (χ1v) is 11.5. The van der Waals surface area contributed by atoms with E-state index in [0.29, 0.717) is 23.9 Å². The van der Waals surface area contributed by atoms with E-state index in [1.807, 2.05) is 0 Å². The van der Waals surface area contributed by atoms with Crippen LogP contribution in [0.25, 0.3) is 0 Å². The average molecular weight is 383 g/mol. The molecule has 0 amide bonds. The summed E-state index contributed by atoms with van der Waals surface area (Å²) in [5, 5.41) is 28.0. The molecule has 0 spiro atoms. The largest absolute Gasteiger partial charge is 0.481 e. The normalized spacial score (nSPS) is 20.4. The minimum atomic E-state index is -0.665. The Labute approximate surface area is 165 Å². The molecule has 1 unspecified atom stereocenters. The van der Waals surface area contributed by atoms with Crippen LogP contribution in [0.3, 0.4) is 0 Å². The Morgan fingerprint density at radius 1 is 0.741 bits per heavy atom. The molecule has 0 aromatic carbocycles. The van der Waals surface area contributed by atoms with Gasteiger partial charge in [0.05, 0.1) is 6.10 Å². The van der Waals surface area contributed by atoms with Gasteiger partial charge in [-0.15, -0.1) is 0 Å². The predicted octanol–water partition coefficient (Wildman–Crippen LogP) is 5.45. The van der Waals surface area contributed by atoms with Crippen molar-refractivity contribution in [2.75, 3.05) is 6.61 Å². The topological polar surface area (TPSA) is 77.8 Å². The van der Waals surface area contributed by atoms with Crippen LogP contribution in [0, 0.1) is 10.8 Å². The van der Waals surface area contributed by atoms with Crippen LogP contribution in [0.1, 0.15) is 116 Å². The lowest BCUT2D eigenvalue weighted by atomic mass is 9.92. The Hall–Kier alpha value is -0.610. The molecule has 158 valence electrons. The molecule has 2 fully saturated rings. The monoisotopic (exact) mass is 382 g/mol. The number of rotatable bonds is 18. The van der Waals surface area contributed by atoms with E-state index >= 15 is 0 Å². The summed E-state index contributed by atoms with van der Waals surface area (Å²) in [6.45, 7) is 0.331. The van der Waals surface area contributed by atoms with Gasteiger partial charge in [-0.05, 0) is 81.5 Å². The van der Waals surface area contributed by atoms with Gasteiger partial charge in [-0.3, -0.25) is 4.79 Å². The first-order chi connectivity index (χ1) is 13.0. The first-order valence-electron chi connectivity index (χ1n) is 11.5. The van der Waals surface area contributed by atoms with Crippen molar-refractivity contribution in [1.29, 1.82) is 0 Å². The fraction of sp³-hybridized carbons (Fsp3) is 0.957. The van der Waals surface area contributed by atoms with E-state index in [0.717, 1.165) is 38.5 Å². The number of hydrogen-bond acceptors (Lipinski definition) is 3. The highest BCUT2D eigenvalue weighted by Crippen LogP contribution is 2.54. The van der Waals surface area contributed by atoms with E-state index in [-0.39, 0.29) is 6.10 Å². The summed E-state index contributed by atoms with van der Waals surface area (Å²) in [4.78, 5) is 10.7. The minimum Gasteiger partial charge on any atom is -0.481 e. The predicted molar refractivity (Wildman–Crippen MR) is 109 cm³/mol. The molecule has 3 N–H and O–H groups in total. The van der Waals surface area contributed by atoms with Gasteiger partial charge in [-0.2, -0.15) is 0 Å². The van der Waals surface area contributed by atoms with Crippen LogP contribution in [0.5, 0.6) is 0 Å². The lowest BCUT2D eigenvalue weighted by molar-refractivity contribution is -0.137. The number of aliphatic hydroxyl groups excluding tert-OH is 2. The number of unbranched alkanes of at least 4 members (excludes halogenated alkanes) is 4. The van der Waals surface area contributed by atoms with Crippen LogP contribution in [0.4, 0.5) is 0 Å². The van der Waals surface area contributed by atoms with Crippen molar-refractivity contribution in [2.45, 2.75) is 122 Å². The molecule has 0 aliphatic heterocycles. The van der Waals surface area contributed by atoms with Crippen LogP contribution < -0.4 is 0 Å². The molecule has 2 aliphatic rings. The molecule has 0 aromatic rings. The SMILES string of the molecule is O=C(O)CCC1(CCCCCC(O)CCCCCC2(CCCO)CC2)CC1. The maximum atomic E-state index is 10.7. The summed E-state index contributed by atoms with van der Waals surface area (Å²) < 4.78 is 0. The van der Waals surface area contributed by atoms with E-state index in [2.05, 4.69) is 0 Å². The van der Waals surface area contributed by atoms with Crippen LogP contribution in [-0.4, -0.2) is 34.0 Å². The standard InChI is InChI=1S/C23H42O4/c24-19-7-13-22(15-16-22)11-5-1-3-8-20(25)9-4-2-6-12-23(17-18-23)14-10-21(26)27/h20,24-25H,1-19H2,(H,26,27). The number of carbonyl (C=O) groups is 1. The molecule has 2 aliphatic carbocycles. The van der Waals surface area contributed by atoms with Crippen molar-refractivity contribution in [1.82, 2.24) is 0 Å². The second-order valence-electron chi connectivity index (χ2n) is 9.57. The second kappa shape index (κ2) is 11.4. The molecule has 2 saturated carbocycles. The maximum Gasteiger partial charge on any atom is 0.303 e. The van der Waals surface area contributed by atoms with E-state index in [4.69, 9.17) is 10.2 Å². The summed E-state index contributed by atoms with van der Waals surface area (Å²) in [5.41, 5.74) is 0.928. The maximum absolute atomic E-state index is 10.7. The Kier molecular flexibility index (Phi) is 9.58. The molecule has 1 atom stereocenters. The van der Waals surface area contributed by atoms with E-state index in [1.165, 1.54) is 70.6 Å². The van der Waals surface area contributed by atoms with Gasteiger partial charge in [0.1, 0.15) is 0 Å². The second-order valence-corrected chi connectivity index (χ2v) is 9.57. The van der Waals surface area contributed by atoms with Gasteiger partial charge in [0, 0.05) is 13.0 Å². The fourth-order valence-electron chi connectivity index (χ4n) is 4.69. The van der Waals surface area contributed by atoms with Crippen LogP contribution in [0.2, 0.25) is 0 Å². The highest BCUT2D eigenvalue weighted by Gasteiger charge is 2.41. The summed E-state index contributed by atoms with van der Waals surface area (Å²) >= 11 is 0. The van der Waals surface area contributed by atoms with Gasteiger partial charge in [0.2, 0.25) is 0 Å². The highest BCUT2D eigenvalue weighted by atomic mass is 16.4. The number of carboxylic acid groups (broad SMARTS) is 1.